The molecule has 0 aliphatic carbocycles. The Kier molecular flexibility index (Phi) is 10.8. The average molecular weight is 771 g/mol. The minimum atomic E-state index is -0.820. The summed E-state index contributed by atoms with van der Waals surface area (Å²) in [4.78, 5) is 69.8. The van der Waals surface area contributed by atoms with E-state index >= 15 is 0 Å². The lowest BCUT2D eigenvalue weighted by Gasteiger charge is -2.33. The highest BCUT2D eigenvalue weighted by molar-refractivity contribution is 6.07. The molecule has 0 radical (unpaired) electrons. The van der Waals surface area contributed by atoms with Crippen molar-refractivity contribution in [1.82, 2.24) is 25.1 Å². The third-order valence-electron chi connectivity index (χ3n) is 12.1. The number of methoxy groups -OCH3 is 1. The van der Waals surface area contributed by atoms with E-state index in [0.717, 1.165) is 83.5 Å². The van der Waals surface area contributed by atoms with Gasteiger partial charge in [0.05, 0.1) is 36.4 Å². The number of anilines is 1. The summed E-state index contributed by atoms with van der Waals surface area (Å²) >= 11 is 0. The fourth-order valence-corrected chi connectivity index (χ4v) is 9.27. The van der Waals surface area contributed by atoms with Gasteiger partial charge in [0.2, 0.25) is 18.2 Å². The number of aliphatic imine (C=N–C) groups is 1. The van der Waals surface area contributed by atoms with Gasteiger partial charge in [-0.2, -0.15) is 0 Å². The number of likely N-dealkylation sites (tertiary alicyclic amines) is 2. The zero-order valence-electron chi connectivity index (χ0n) is 32.4. The van der Waals surface area contributed by atoms with E-state index in [0.29, 0.717) is 37.9 Å². The Morgan fingerprint density at radius 3 is 2.46 bits per heavy atom. The van der Waals surface area contributed by atoms with Crippen molar-refractivity contribution in [3.05, 3.63) is 89.9 Å². The summed E-state index contributed by atoms with van der Waals surface area (Å²) in [5, 5.41) is 16.0. The standard InChI is InChI=1S/C44H49N7O6/c1-3-6-33-19-21-37(50(33)26-52)41-45-25-36(47-41)29-12-10-27(11-13-29)28-14-17-32(18-15-28)46-39(53)24-34-9-5-22-49(34)43(55)38-23-31-8-4-7-30-16-20-35(48-44(56)57-2)42(54)51(38)40(30)31/h4,7-8,10-15,17-18,25-26,33-35,37-38H,3,5-6,9,16,19-24H2,1-2H3,(H,45,47)(H,46,53)(H,48,56)/p-1/t33?,34?,35-,37-,38-/m0/s1. The molecule has 1 aromatic heterocycles. The first-order valence-corrected chi connectivity index (χ1v) is 20.1. The SMILES string of the molecule is CCCC1CC[C@@H](c2ncc(-c3ccc(-c4ccc(N=C([O-])CC5CCCN5C(=O)[C@@H]5Cc6cccc7c6N5C(=O)[C@@H](NC(=O)OC)CC7)cc4)cc3)[nH]2)N1C=O. The van der Waals surface area contributed by atoms with Crippen LogP contribution in [0.15, 0.2) is 77.9 Å². The van der Waals surface area contributed by atoms with Gasteiger partial charge in [-0.15, -0.1) is 0 Å². The molecule has 296 valence electrons. The van der Waals surface area contributed by atoms with Crippen molar-refractivity contribution < 1.29 is 29.0 Å². The minimum Gasteiger partial charge on any atom is -0.862 e. The average Bonchev–Trinajstić information content (AvgIpc) is 4.04. The second-order valence-electron chi connectivity index (χ2n) is 15.5. The molecular weight excluding hydrogens is 723 g/mol. The maximum Gasteiger partial charge on any atom is 0.407 e. The number of nitrogens with zero attached hydrogens (tertiary/aromatic N) is 5. The van der Waals surface area contributed by atoms with Gasteiger partial charge in [-0.05, 0) is 97.2 Å². The Balaban J connectivity index is 0.910. The fraction of sp³-hybridized carbons (Fsp3) is 0.409. The predicted molar refractivity (Wildman–Crippen MR) is 214 cm³/mol. The normalized spacial score (nSPS) is 23.1. The quantitative estimate of drug-likeness (QED) is 0.114. The van der Waals surface area contributed by atoms with E-state index in [2.05, 4.69) is 27.2 Å². The van der Waals surface area contributed by atoms with Crippen LogP contribution in [0.4, 0.5) is 16.2 Å². The van der Waals surface area contributed by atoms with Crippen LogP contribution in [0.3, 0.4) is 0 Å². The number of amides is 4. The van der Waals surface area contributed by atoms with Crippen molar-refractivity contribution in [1.29, 1.82) is 0 Å². The van der Waals surface area contributed by atoms with E-state index < -0.39 is 18.2 Å². The van der Waals surface area contributed by atoms with E-state index in [1.165, 1.54) is 7.11 Å². The van der Waals surface area contributed by atoms with Crippen LogP contribution >= 0.6 is 0 Å². The molecule has 0 bridgehead atoms. The van der Waals surface area contributed by atoms with Gasteiger partial charge in [0, 0.05) is 25.0 Å². The molecule has 0 saturated carbocycles. The molecule has 5 heterocycles. The maximum absolute atomic E-state index is 14.3. The molecule has 2 saturated heterocycles. The van der Waals surface area contributed by atoms with Crippen LogP contribution in [0.25, 0.3) is 22.4 Å². The van der Waals surface area contributed by atoms with Gasteiger partial charge in [-0.3, -0.25) is 24.3 Å². The van der Waals surface area contributed by atoms with Crippen molar-refractivity contribution in [2.75, 3.05) is 18.6 Å². The first-order chi connectivity index (χ1) is 27.8. The third kappa shape index (κ3) is 7.50. The summed E-state index contributed by atoms with van der Waals surface area (Å²) in [6.45, 7) is 2.64. The molecule has 8 rings (SSSR count). The van der Waals surface area contributed by atoms with Crippen LogP contribution in [-0.2, 0) is 32.0 Å². The number of imidazole rings is 1. The Morgan fingerprint density at radius 1 is 0.982 bits per heavy atom. The van der Waals surface area contributed by atoms with Crippen molar-refractivity contribution in [2.24, 2.45) is 4.99 Å². The van der Waals surface area contributed by atoms with Crippen molar-refractivity contribution >= 4 is 41.6 Å². The summed E-state index contributed by atoms with van der Waals surface area (Å²) < 4.78 is 4.77. The van der Waals surface area contributed by atoms with Crippen molar-refractivity contribution in [3.8, 4) is 22.4 Å². The number of hydrogen-bond donors (Lipinski definition) is 2. The molecule has 4 aromatic rings. The Hall–Kier alpha value is -5.98. The molecular formula is C44H48N7O6-. The first kappa shape index (κ1) is 37.9. The Bertz CT molecular complexity index is 2170. The van der Waals surface area contributed by atoms with Gasteiger partial charge in [0.25, 0.3) is 0 Å². The van der Waals surface area contributed by atoms with Gasteiger partial charge in [0.1, 0.15) is 17.9 Å². The lowest BCUT2D eigenvalue weighted by atomic mass is 10.0. The highest BCUT2D eigenvalue weighted by atomic mass is 16.5. The number of carbonyl (C=O) groups excluding carboxylic acids is 4. The smallest absolute Gasteiger partial charge is 0.407 e. The lowest BCUT2D eigenvalue weighted by Crippen LogP contribution is -2.56. The molecule has 2 N–H and O–H groups in total. The molecule has 13 heteroatoms. The van der Waals surface area contributed by atoms with Gasteiger partial charge in [0.15, 0.2) is 0 Å². The zero-order chi connectivity index (χ0) is 39.6. The second-order valence-corrected chi connectivity index (χ2v) is 15.5. The maximum atomic E-state index is 14.3. The van der Waals surface area contributed by atoms with Gasteiger partial charge < -0.3 is 29.9 Å². The van der Waals surface area contributed by atoms with E-state index in [4.69, 9.17) is 4.74 Å². The number of para-hydroxylation sites is 1. The lowest BCUT2D eigenvalue weighted by molar-refractivity contribution is -0.219. The van der Waals surface area contributed by atoms with Crippen LogP contribution in [-0.4, -0.2) is 87.8 Å². The largest absolute Gasteiger partial charge is 0.862 e. The Morgan fingerprint density at radius 2 is 1.72 bits per heavy atom. The van der Waals surface area contributed by atoms with Crippen LogP contribution in [0.2, 0.25) is 0 Å². The number of nitrogens with one attached hydrogen (secondary N) is 2. The van der Waals surface area contributed by atoms with Gasteiger partial charge in [-0.25, -0.2) is 9.78 Å². The molecule has 4 aliphatic rings. The minimum absolute atomic E-state index is 0.0273. The van der Waals surface area contributed by atoms with Crippen LogP contribution in [0.1, 0.15) is 81.3 Å². The zero-order valence-corrected chi connectivity index (χ0v) is 32.4. The fourth-order valence-electron chi connectivity index (χ4n) is 9.27. The molecule has 0 spiro atoms. The number of alkyl carbamates (subject to hydrolysis) is 1. The summed E-state index contributed by atoms with van der Waals surface area (Å²) in [6, 6.07) is 19.9. The number of H-pyrrole nitrogens is 1. The van der Waals surface area contributed by atoms with Crippen LogP contribution in [0, 0.1) is 0 Å². The number of ether oxygens (including phenoxy) is 1. The number of aromatic nitrogens is 2. The number of aromatic amines is 1. The van der Waals surface area contributed by atoms with Crippen LogP contribution in [0.5, 0.6) is 0 Å². The third-order valence-corrected chi connectivity index (χ3v) is 12.1. The summed E-state index contributed by atoms with van der Waals surface area (Å²) in [6.07, 6.45) is 8.89. The van der Waals surface area contributed by atoms with E-state index in [-0.39, 0.29) is 42.3 Å². The molecule has 2 unspecified atom stereocenters. The molecule has 3 aromatic carbocycles. The van der Waals surface area contributed by atoms with E-state index in [1.54, 1.807) is 9.80 Å². The number of hydrogen-bond acceptors (Lipinski definition) is 8. The summed E-state index contributed by atoms with van der Waals surface area (Å²) in [5.41, 5.74) is 7.08. The highest BCUT2D eigenvalue weighted by Gasteiger charge is 2.46. The molecule has 13 nitrogen and oxygen atoms in total. The van der Waals surface area contributed by atoms with Crippen molar-refractivity contribution in [3.63, 3.8) is 0 Å². The number of carbonyl (C=O) groups is 4. The van der Waals surface area contributed by atoms with E-state index in [9.17, 15) is 24.3 Å². The highest BCUT2D eigenvalue weighted by Crippen LogP contribution is 2.41. The van der Waals surface area contributed by atoms with Crippen LogP contribution < -0.4 is 15.3 Å². The number of aryl methyl sites for hydroxylation is 1. The van der Waals surface area contributed by atoms with Gasteiger partial charge >= 0.3 is 6.09 Å². The molecule has 5 atom stereocenters. The number of rotatable bonds is 11. The molecule has 2 fully saturated rings. The predicted octanol–water partition coefficient (Wildman–Crippen LogP) is 5.61. The Labute approximate surface area is 332 Å². The van der Waals surface area contributed by atoms with E-state index in [1.807, 2.05) is 77.8 Å². The molecule has 4 amide bonds. The summed E-state index contributed by atoms with van der Waals surface area (Å²) in [5.74, 6) is -0.0155. The number of benzene rings is 3. The van der Waals surface area contributed by atoms with Gasteiger partial charge in [-0.1, -0.05) is 67.9 Å². The molecule has 57 heavy (non-hydrogen) atoms. The molecule has 4 aliphatic heterocycles. The monoisotopic (exact) mass is 770 g/mol. The second kappa shape index (κ2) is 16.2. The first-order valence-electron chi connectivity index (χ1n) is 20.1. The summed E-state index contributed by atoms with van der Waals surface area (Å²) in [7, 11) is 1.25. The van der Waals surface area contributed by atoms with Crippen molar-refractivity contribution in [2.45, 2.75) is 101 Å². The topological polar surface area (TPSA) is 163 Å².